The molecule has 80 valence electrons. The van der Waals surface area contributed by atoms with E-state index in [2.05, 4.69) is 15.3 Å². The molecule has 1 fully saturated rings. The van der Waals surface area contributed by atoms with E-state index in [0.29, 0.717) is 12.0 Å². The zero-order valence-corrected chi connectivity index (χ0v) is 8.74. The molecule has 2 unspecified atom stereocenters. The van der Waals surface area contributed by atoms with Gasteiger partial charge in [0.1, 0.15) is 0 Å². The summed E-state index contributed by atoms with van der Waals surface area (Å²) in [6, 6.07) is 0.637. The van der Waals surface area contributed by atoms with Crippen molar-refractivity contribution in [3.63, 3.8) is 0 Å². The molecular weight excluding hydrogens is 188 g/mol. The molecule has 15 heavy (non-hydrogen) atoms. The summed E-state index contributed by atoms with van der Waals surface area (Å²) < 4.78 is 0. The predicted molar refractivity (Wildman–Crippen MR) is 58.4 cm³/mol. The van der Waals surface area contributed by atoms with Crippen LogP contribution in [0.25, 0.3) is 0 Å². The molecule has 0 aromatic carbocycles. The van der Waals surface area contributed by atoms with Gasteiger partial charge in [-0.1, -0.05) is 0 Å². The van der Waals surface area contributed by atoms with E-state index in [1.165, 1.54) is 24.1 Å². The van der Waals surface area contributed by atoms with Gasteiger partial charge in [-0.15, -0.1) is 0 Å². The lowest BCUT2D eigenvalue weighted by molar-refractivity contribution is 0.260. The molecule has 4 nitrogen and oxygen atoms in total. The lowest BCUT2D eigenvalue weighted by atomic mass is 9.78. The topological polar surface area (TPSA) is 63.8 Å². The van der Waals surface area contributed by atoms with Gasteiger partial charge in [0, 0.05) is 17.9 Å². The Morgan fingerprint density at radius 3 is 3.27 bits per heavy atom. The summed E-state index contributed by atoms with van der Waals surface area (Å²) in [5.74, 6) is 1.16. The zero-order valence-electron chi connectivity index (χ0n) is 8.74. The summed E-state index contributed by atoms with van der Waals surface area (Å²) in [5, 5.41) is 3.59. The molecule has 2 aliphatic rings. The number of anilines is 1. The summed E-state index contributed by atoms with van der Waals surface area (Å²) in [4.78, 5) is 8.41. The van der Waals surface area contributed by atoms with E-state index < -0.39 is 0 Å². The number of nitrogens with one attached hydrogen (secondary N) is 1. The van der Waals surface area contributed by atoms with Gasteiger partial charge in [-0.25, -0.2) is 9.97 Å². The molecule has 1 saturated heterocycles. The van der Waals surface area contributed by atoms with Crippen LogP contribution in [-0.4, -0.2) is 22.6 Å². The molecule has 0 bridgehead atoms. The lowest BCUT2D eigenvalue weighted by Gasteiger charge is -2.36. The number of fused-ring (bicyclic) bond motifs is 2. The van der Waals surface area contributed by atoms with Gasteiger partial charge in [0.2, 0.25) is 5.95 Å². The molecule has 1 aliphatic carbocycles. The second kappa shape index (κ2) is 3.45. The number of hydrogen-bond donors (Lipinski definition) is 2. The van der Waals surface area contributed by atoms with Crippen LogP contribution in [0.5, 0.6) is 0 Å². The van der Waals surface area contributed by atoms with Crippen LogP contribution in [0.1, 0.15) is 24.1 Å². The lowest BCUT2D eigenvalue weighted by Crippen LogP contribution is -2.46. The van der Waals surface area contributed by atoms with Gasteiger partial charge in [-0.2, -0.15) is 0 Å². The van der Waals surface area contributed by atoms with Crippen molar-refractivity contribution in [2.45, 2.75) is 31.7 Å². The number of hydrogen-bond acceptors (Lipinski definition) is 4. The monoisotopic (exact) mass is 204 g/mol. The van der Waals surface area contributed by atoms with Crippen LogP contribution >= 0.6 is 0 Å². The van der Waals surface area contributed by atoms with Gasteiger partial charge in [0.05, 0.1) is 0 Å². The molecule has 2 atom stereocenters. The van der Waals surface area contributed by atoms with Crippen LogP contribution in [0.15, 0.2) is 6.20 Å². The van der Waals surface area contributed by atoms with E-state index in [9.17, 15) is 0 Å². The first kappa shape index (κ1) is 9.09. The van der Waals surface area contributed by atoms with Crippen LogP contribution in [0.2, 0.25) is 0 Å². The molecule has 0 spiro atoms. The van der Waals surface area contributed by atoms with Gasteiger partial charge in [0.25, 0.3) is 0 Å². The highest BCUT2D eigenvalue weighted by Crippen LogP contribution is 2.29. The fraction of sp³-hybridized carbons (Fsp3) is 0.636. The fourth-order valence-electron chi connectivity index (χ4n) is 2.79. The molecule has 4 heteroatoms. The van der Waals surface area contributed by atoms with E-state index in [4.69, 9.17) is 5.73 Å². The van der Waals surface area contributed by atoms with Crippen molar-refractivity contribution in [3.8, 4) is 0 Å². The van der Waals surface area contributed by atoms with Crippen molar-refractivity contribution in [2.75, 3.05) is 12.3 Å². The molecule has 1 aliphatic heterocycles. The Bertz CT molecular complexity index is 377. The Morgan fingerprint density at radius 2 is 2.33 bits per heavy atom. The number of nitrogens with zero attached hydrogens (tertiary/aromatic N) is 2. The highest BCUT2D eigenvalue weighted by Gasteiger charge is 2.31. The first-order valence-corrected chi connectivity index (χ1v) is 5.66. The van der Waals surface area contributed by atoms with E-state index in [0.717, 1.165) is 25.3 Å². The third kappa shape index (κ3) is 1.59. The van der Waals surface area contributed by atoms with Crippen LogP contribution in [0.4, 0.5) is 5.95 Å². The summed E-state index contributed by atoms with van der Waals surface area (Å²) in [5.41, 5.74) is 8.06. The first-order valence-electron chi connectivity index (χ1n) is 5.66. The van der Waals surface area contributed by atoms with Gasteiger partial charge >= 0.3 is 0 Å². The molecule has 0 amide bonds. The van der Waals surface area contributed by atoms with E-state index in [1.54, 1.807) is 0 Å². The number of nitrogen functional groups attached to an aromatic ring is 1. The second-order valence-corrected chi connectivity index (χ2v) is 4.57. The summed E-state index contributed by atoms with van der Waals surface area (Å²) in [6.45, 7) is 1.16. The molecule has 3 N–H and O–H groups in total. The van der Waals surface area contributed by atoms with Crippen LogP contribution in [-0.2, 0) is 12.8 Å². The van der Waals surface area contributed by atoms with Crippen molar-refractivity contribution >= 4 is 5.95 Å². The summed E-state index contributed by atoms with van der Waals surface area (Å²) in [6.07, 6.45) is 6.64. The Labute approximate surface area is 89.3 Å². The van der Waals surface area contributed by atoms with Crippen LogP contribution in [0, 0.1) is 5.92 Å². The van der Waals surface area contributed by atoms with Crippen molar-refractivity contribution in [1.29, 1.82) is 0 Å². The minimum absolute atomic E-state index is 0.413. The highest BCUT2D eigenvalue weighted by atomic mass is 15.0. The Morgan fingerprint density at radius 1 is 1.40 bits per heavy atom. The number of aromatic nitrogens is 2. The molecule has 0 saturated carbocycles. The second-order valence-electron chi connectivity index (χ2n) is 4.57. The maximum absolute atomic E-state index is 5.61. The average molecular weight is 204 g/mol. The fourth-order valence-corrected chi connectivity index (χ4v) is 2.79. The molecule has 3 rings (SSSR count). The highest BCUT2D eigenvalue weighted by molar-refractivity contribution is 5.29. The average Bonchev–Trinajstić information content (AvgIpc) is 2.26. The smallest absolute Gasteiger partial charge is 0.220 e. The molecular formula is C11H16N4. The van der Waals surface area contributed by atoms with Gasteiger partial charge in [-0.3, -0.25) is 0 Å². The molecule has 1 aromatic rings. The Kier molecular flexibility index (Phi) is 2.09. The number of rotatable bonds is 0. The standard InChI is InChI=1S/C11H16N4/c12-11-14-6-8-5-9-7(2-1-3-13-9)4-10(8)15-11/h6-7,9,13H,1-5H2,(H2,12,14,15). The van der Waals surface area contributed by atoms with Crippen molar-refractivity contribution in [3.05, 3.63) is 17.5 Å². The number of nitrogens with two attached hydrogens (primary N) is 1. The number of piperidine rings is 1. The minimum Gasteiger partial charge on any atom is -0.368 e. The molecule has 1 aromatic heterocycles. The summed E-state index contributed by atoms with van der Waals surface area (Å²) >= 11 is 0. The Hall–Kier alpha value is -1.16. The molecule has 2 heterocycles. The first-order chi connectivity index (χ1) is 7.33. The van der Waals surface area contributed by atoms with Crippen molar-refractivity contribution in [2.24, 2.45) is 5.92 Å². The van der Waals surface area contributed by atoms with Gasteiger partial charge in [0.15, 0.2) is 0 Å². The summed E-state index contributed by atoms with van der Waals surface area (Å²) in [7, 11) is 0. The van der Waals surface area contributed by atoms with Gasteiger partial charge < -0.3 is 11.1 Å². The molecule has 0 radical (unpaired) electrons. The van der Waals surface area contributed by atoms with Crippen LogP contribution in [0.3, 0.4) is 0 Å². The zero-order chi connectivity index (χ0) is 10.3. The predicted octanol–water partition coefficient (Wildman–Crippen LogP) is 0.526. The maximum atomic E-state index is 5.61. The quantitative estimate of drug-likeness (QED) is 0.647. The minimum atomic E-state index is 0.413. The van der Waals surface area contributed by atoms with E-state index in [1.807, 2.05) is 6.20 Å². The van der Waals surface area contributed by atoms with Crippen molar-refractivity contribution < 1.29 is 0 Å². The third-order valence-electron chi connectivity index (χ3n) is 3.60. The van der Waals surface area contributed by atoms with E-state index in [-0.39, 0.29) is 0 Å². The third-order valence-corrected chi connectivity index (χ3v) is 3.60. The largest absolute Gasteiger partial charge is 0.368 e. The van der Waals surface area contributed by atoms with E-state index >= 15 is 0 Å². The van der Waals surface area contributed by atoms with Gasteiger partial charge in [-0.05, 0) is 43.7 Å². The van der Waals surface area contributed by atoms with Crippen molar-refractivity contribution in [1.82, 2.24) is 15.3 Å². The normalized spacial score (nSPS) is 29.3. The maximum Gasteiger partial charge on any atom is 0.220 e. The van der Waals surface area contributed by atoms with Crippen LogP contribution < -0.4 is 11.1 Å². The SMILES string of the molecule is Nc1ncc2c(n1)CC1CCCNC1C2. The Balaban J connectivity index is 1.92.